The van der Waals surface area contributed by atoms with Crippen molar-refractivity contribution in [2.75, 3.05) is 18.2 Å². The van der Waals surface area contributed by atoms with E-state index in [1.165, 1.54) is 14.0 Å². The zero-order chi connectivity index (χ0) is 15.4. The highest BCUT2D eigenvalue weighted by Crippen LogP contribution is 2.27. The summed E-state index contributed by atoms with van der Waals surface area (Å²) in [4.78, 5) is 23.5. The zero-order valence-electron chi connectivity index (χ0n) is 11.8. The number of hydrogen-bond acceptors (Lipinski definition) is 4. The van der Waals surface area contributed by atoms with E-state index in [0.717, 1.165) is 0 Å². The molecule has 21 heavy (non-hydrogen) atoms. The first-order valence-corrected chi connectivity index (χ1v) is 6.37. The largest absolute Gasteiger partial charge is 0.496 e. The second-order valence-electron chi connectivity index (χ2n) is 4.51. The van der Waals surface area contributed by atoms with Crippen molar-refractivity contribution < 1.29 is 14.3 Å². The van der Waals surface area contributed by atoms with Crippen LogP contribution in [-0.4, -0.2) is 18.8 Å². The van der Waals surface area contributed by atoms with Crippen molar-refractivity contribution in [1.82, 2.24) is 0 Å². The van der Waals surface area contributed by atoms with Gasteiger partial charge in [-0.05, 0) is 36.4 Å². The lowest BCUT2D eigenvalue weighted by Gasteiger charge is -2.10. The monoisotopic (exact) mass is 284 g/mol. The van der Waals surface area contributed by atoms with E-state index in [-0.39, 0.29) is 11.7 Å². The number of ketones is 1. The van der Waals surface area contributed by atoms with Crippen LogP contribution >= 0.6 is 0 Å². The minimum Gasteiger partial charge on any atom is -0.496 e. The number of anilines is 2. The summed E-state index contributed by atoms with van der Waals surface area (Å²) in [7, 11) is 1.49. The number of methoxy groups -OCH3 is 1. The highest BCUT2D eigenvalue weighted by Gasteiger charge is 2.17. The molecule has 1 amide bonds. The minimum atomic E-state index is -0.223. The van der Waals surface area contributed by atoms with Crippen LogP contribution in [0.2, 0.25) is 0 Å². The molecule has 2 aromatic carbocycles. The van der Waals surface area contributed by atoms with Gasteiger partial charge in [-0.2, -0.15) is 0 Å². The molecule has 0 fully saturated rings. The number of ether oxygens (including phenoxy) is 1. The SMILES string of the molecule is COc1cccc(N)c1C(=O)c1ccc(NC(C)=O)cc1. The van der Waals surface area contributed by atoms with E-state index in [4.69, 9.17) is 10.5 Å². The Labute approximate surface area is 122 Å². The summed E-state index contributed by atoms with van der Waals surface area (Å²) in [6.45, 7) is 1.43. The molecule has 0 spiro atoms. The number of nitrogens with two attached hydrogens (primary N) is 1. The summed E-state index contributed by atoms with van der Waals surface area (Å²) in [5.74, 6) is 0.0494. The van der Waals surface area contributed by atoms with E-state index in [9.17, 15) is 9.59 Å². The summed E-state index contributed by atoms with van der Waals surface area (Å²) in [5, 5.41) is 2.65. The first kappa shape index (κ1) is 14.6. The van der Waals surface area contributed by atoms with Crippen molar-refractivity contribution in [2.24, 2.45) is 0 Å². The summed E-state index contributed by atoms with van der Waals surface area (Å²) < 4.78 is 5.19. The molecule has 2 aromatic rings. The number of carbonyl (C=O) groups excluding carboxylic acids is 2. The average molecular weight is 284 g/mol. The first-order valence-electron chi connectivity index (χ1n) is 6.37. The Kier molecular flexibility index (Phi) is 4.23. The van der Waals surface area contributed by atoms with E-state index >= 15 is 0 Å². The Morgan fingerprint density at radius 1 is 1.10 bits per heavy atom. The number of benzene rings is 2. The quantitative estimate of drug-likeness (QED) is 0.667. The number of rotatable bonds is 4. The molecule has 3 N–H and O–H groups in total. The predicted molar refractivity (Wildman–Crippen MR) is 81.6 cm³/mol. The molecule has 108 valence electrons. The van der Waals surface area contributed by atoms with Crippen LogP contribution in [0.5, 0.6) is 5.75 Å². The molecule has 0 saturated carbocycles. The maximum Gasteiger partial charge on any atom is 0.221 e. The van der Waals surface area contributed by atoms with E-state index < -0.39 is 0 Å². The Bertz CT molecular complexity index is 678. The number of nitrogen functional groups attached to an aromatic ring is 1. The van der Waals surface area contributed by atoms with Gasteiger partial charge in [0.15, 0.2) is 5.78 Å². The second kappa shape index (κ2) is 6.09. The molecule has 5 nitrogen and oxygen atoms in total. The second-order valence-corrected chi connectivity index (χ2v) is 4.51. The molecule has 2 rings (SSSR count). The summed E-state index contributed by atoms with van der Waals surface area (Å²) in [5.41, 5.74) is 7.68. The van der Waals surface area contributed by atoms with Crippen molar-refractivity contribution in [1.29, 1.82) is 0 Å². The zero-order valence-corrected chi connectivity index (χ0v) is 11.8. The van der Waals surface area contributed by atoms with Gasteiger partial charge < -0.3 is 15.8 Å². The van der Waals surface area contributed by atoms with E-state index in [2.05, 4.69) is 5.32 Å². The van der Waals surface area contributed by atoms with Gasteiger partial charge in [0.25, 0.3) is 0 Å². The van der Waals surface area contributed by atoms with Crippen LogP contribution in [-0.2, 0) is 4.79 Å². The molecular formula is C16H16N2O3. The highest BCUT2D eigenvalue weighted by molar-refractivity contribution is 6.14. The molecule has 0 atom stereocenters. The van der Waals surface area contributed by atoms with Gasteiger partial charge in [-0.1, -0.05) is 6.07 Å². The standard InChI is InChI=1S/C16H16N2O3/c1-10(19)18-12-8-6-11(7-9-12)16(20)15-13(17)4-3-5-14(15)21-2/h3-9H,17H2,1-2H3,(H,18,19). The van der Waals surface area contributed by atoms with Gasteiger partial charge in [0.05, 0.1) is 12.7 Å². The van der Waals surface area contributed by atoms with Crippen molar-refractivity contribution in [3.8, 4) is 5.75 Å². The number of nitrogens with one attached hydrogen (secondary N) is 1. The maximum absolute atomic E-state index is 12.5. The van der Waals surface area contributed by atoms with Crippen LogP contribution in [0.15, 0.2) is 42.5 Å². The normalized spacial score (nSPS) is 10.0. The summed E-state index contributed by atoms with van der Waals surface area (Å²) >= 11 is 0. The van der Waals surface area contributed by atoms with E-state index in [1.807, 2.05) is 0 Å². The van der Waals surface area contributed by atoms with Crippen LogP contribution in [0.4, 0.5) is 11.4 Å². The van der Waals surface area contributed by atoms with E-state index in [1.54, 1.807) is 42.5 Å². The Hall–Kier alpha value is -2.82. The third kappa shape index (κ3) is 3.20. The fourth-order valence-corrected chi connectivity index (χ4v) is 2.01. The van der Waals surface area contributed by atoms with Crippen molar-refractivity contribution in [2.45, 2.75) is 6.92 Å². The predicted octanol–water partition coefficient (Wildman–Crippen LogP) is 2.47. The molecule has 0 unspecified atom stereocenters. The topological polar surface area (TPSA) is 81.4 Å². The van der Waals surface area contributed by atoms with Gasteiger partial charge >= 0.3 is 0 Å². The van der Waals surface area contributed by atoms with Gasteiger partial charge in [0, 0.05) is 23.9 Å². The minimum absolute atomic E-state index is 0.164. The summed E-state index contributed by atoms with van der Waals surface area (Å²) in [6, 6.07) is 11.7. The molecule has 0 saturated heterocycles. The third-order valence-corrected chi connectivity index (χ3v) is 2.97. The average Bonchev–Trinajstić information content (AvgIpc) is 2.46. The molecule has 0 radical (unpaired) electrons. The number of amides is 1. The third-order valence-electron chi connectivity index (χ3n) is 2.97. The molecule has 0 aliphatic rings. The van der Waals surface area contributed by atoms with Crippen LogP contribution < -0.4 is 15.8 Å². The fraction of sp³-hybridized carbons (Fsp3) is 0.125. The van der Waals surface area contributed by atoms with Crippen molar-refractivity contribution in [3.05, 3.63) is 53.6 Å². The molecule has 0 bridgehead atoms. The van der Waals surface area contributed by atoms with Gasteiger partial charge in [-0.25, -0.2) is 0 Å². The van der Waals surface area contributed by atoms with Crippen LogP contribution in [0.1, 0.15) is 22.8 Å². The molecular weight excluding hydrogens is 268 g/mol. The lowest BCUT2D eigenvalue weighted by molar-refractivity contribution is -0.114. The Balaban J connectivity index is 2.34. The van der Waals surface area contributed by atoms with E-state index in [0.29, 0.717) is 28.3 Å². The maximum atomic E-state index is 12.5. The molecule has 0 aliphatic carbocycles. The highest BCUT2D eigenvalue weighted by atomic mass is 16.5. The lowest BCUT2D eigenvalue weighted by Crippen LogP contribution is -2.09. The van der Waals surface area contributed by atoms with Crippen LogP contribution in [0.3, 0.4) is 0 Å². The van der Waals surface area contributed by atoms with Gasteiger partial charge in [0.2, 0.25) is 5.91 Å². The lowest BCUT2D eigenvalue weighted by atomic mass is 10.0. The molecule has 0 aliphatic heterocycles. The molecule has 0 aromatic heterocycles. The Morgan fingerprint density at radius 3 is 2.33 bits per heavy atom. The molecule has 0 heterocycles. The van der Waals surface area contributed by atoms with Crippen LogP contribution in [0, 0.1) is 0 Å². The van der Waals surface area contributed by atoms with Gasteiger partial charge in [-0.3, -0.25) is 9.59 Å². The Morgan fingerprint density at radius 2 is 1.76 bits per heavy atom. The van der Waals surface area contributed by atoms with Crippen molar-refractivity contribution in [3.63, 3.8) is 0 Å². The summed E-state index contributed by atoms with van der Waals surface area (Å²) in [6.07, 6.45) is 0. The fourth-order valence-electron chi connectivity index (χ4n) is 2.01. The number of carbonyl (C=O) groups is 2. The number of hydrogen-bond donors (Lipinski definition) is 2. The smallest absolute Gasteiger partial charge is 0.221 e. The first-order chi connectivity index (χ1) is 10.0. The van der Waals surface area contributed by atoms with Crippen molar-refractivity contribution >= 4 is 23.1 Å². The molecule has 5 heteroatoms. The van der Waals surface area contributed by atoms with Gasteiger partial charge in [0.1, 0.15) is 5.75 Å². The van der Waals surface area contributed by atoms with Crippen LogP contribution in [0.25, 0.3) is 0 Å². The van der Waals surface area contributed by atoms with Gasteiger partial charge in [-0.15, -0.1) is 0 Å².